The van der Waals surface area contributed by atoms with E-state index in [0.717, 1.165) is 38.8 Å². The number of urea groups is 1. The molecule has 4 nitrogen and oxygen atoms in total. The van der Waals surface area contributed by atoms with Gasteiger partial charge in [-0.25, -0.2) is 4.79 Å². The topological polar surface area (TPSA) is 58.4 Å². The SMILES string of the molecule is CC1(C(N)=S)CCN(C(=O)NC2CC2)CC1. The van der Waals surface area contributed by atoms with E-state index >= 15 is 0 Å². The zero-order valence-corrected chi connectivity index (χ0v) is 10.5. The van der Waals surface area contributed by atoms with Crippen molar-refractivity contribution in [2.45, 2.75) is 38.6 Å². The summed E-state index contributed by atoms with van der Waals surface area (Å²) in [7, 11) is 0. The molecule has 3 N–H and O–H groups in total. The summed E-state index contributed by atoms with van der Waals surface area (Å²) in [4.78, 5) is 14.2. The highest BCUT2D eigenvalue weighted by Gasteiger charge is 2.35. The number of amides is 2. The molecule has 1 saturated heterocycles. The number of thiocarbonyl (C=S) groups is 1. The van der Waals surface area contributed by atoms with E-state index in [1.54, 1.807) is 0 Å². The van der Waals surface area contributed by atoms with Crippen molar-refractivity contribution in [3.63, 3.8) is 0 Å². The molecule has 2 fully saturated rings. The van der Waals surface area contributed by atoms with Crippen molar-refractivity contribution in [3.8, 4) is 0 Å². The Labute approximate surface area is 102 Å². The maximum absolute atomic E-state index is 11.8. The van der Waals surface area contributed by atoms with Crippen molar-refractivity contribution in [1.82, 2.24) is 10.2 Å². The Kier molecular flexibility index (Phi) is 3.06. The van der Waals surface area contributed by atoms with Gasteiger partial charge in [0.1, 0.15) is 0 Å². The van der Waals surface area contributed by atoms with Crippen LogP contribution in [0.3, 0.4) is 0 Å². The average Bonchev–Trinajstić information content (AvgIpc) is 3.02. The molecule has 0 radical (unpaired) electrons. The largest absolute Gasteiger partial charge is 0.393 e. The molecule has 16 heavy (non-hydrogen) atoms. The summed E-state index contributed by atoms with van der Waals surface area (Å²) in [5, 5.41) is 3.00. The Hall–Kier alpha value is -0.840. The second kappa shape index (κ2) is 4.20. The molecule has 2 amide bonds. The summed E-state index contributed by atoms with van der Waals surface area (Å²) >= 11 is 5.07. The fraction of sp³-hybridized carbons (Fsp3) is 0.818. The number of hydrogen-bond donors (Lipinski definition) is 2. The minimum Gasteiger partial charge on any atom is -0.393 e. The molecule has 0 atom stereocenters. The number of nitrogens with one attached hydrogen (secondary N) is 1. The van der Waals surface area contributed by atoms with E-state index in [-0.39, 0.29) is 11.4 Å². The fourth-order valence-electron chi connectivity index (χ4n) is 1.94. The summed E-state index contributed by atoms with van der Waals surface area (Å²) in [5.74, 6) is 0. The van der Waals surface area contributed by atoms with E-state index in [0.29, 0.717) is 11.0 Å². The van der Waals surface area contributed by atoms with Crippen LogP contribution in [0.15, 0.2) is 0 Å². The number of nitrogens with two attached hydrogens (primary N) is 1. The van der Waals surface area contributed by atoms with Gasteiger partial charge in [0.15, 0.2) is 0 Å². The first kappa shape index (κ1) is 11.6. The van der Waals surface area contributed by atoms with Gasteiger partial charge in [0.05, 0.1) is 4.99 Å². The van der Waals surface area contributed by atoms with Crippen LogP contribution in [-0.4, -0.2) is 35.1 Å². The zero-order valence-electron chi connectivity index (χ0n) is 9.66. The van der Waals surface area contributed by atoms with Crippen molar-refractivity contribution >= 4 is 23.2 Å². The molecule has 0 unspecified atom stereocenters. The van der Waals surface area contributed by atoms with Gasteiger partial charge in [-0.1, -0.05) is 19.1 Å². The normalized spacial score (nSPS) is 23.9. The number of carbonyl (C=O) groups is 1. The number of piperidine rings is 1. The standard InChI is InChI=1S/C11H19N3OS/c1-11(9(12)16)4-6-14(7-5-11)10(15)13-8-2-3-8/h8H,2-7H2,1H3,(H2,12,16)(H,13,15). The predicted molar refractivity (Wildman–Crippen MR) is 67.3 cm³/mol. The van der Waals surface area contributed by atoms with Crippen LogP contribution >= 0.6 is 12.2 Å². The number of rotatable bonds is 2. The molecule has 1 aliphatic carbocycles. The van der Waals surface area contributed by atoms with Crippen molar-refractivity contribution in [3.05, 3.63) is 0 Å². The summed E-state index contributed by atoms with van der Waals surface area (Å²) in [6.07, 6.45) is 4.01. The molecule has 2 rings (SSSR count). The first-order valence-corrected chi connectivity index (χ1v) is 6.27. The zero-order chi connectivity index (χ0) is 11.8. The highest BCUT2D eigenvalue weighted by Crippen LogP contribution is 2.31. The van der Waals surface area contributed by atoms with E-state index in [1.165, 1.54) is 0 Å². The fourth-order valence-corrected chi connectivity index (χ4v) is 2.15. The highest BCUT2D eigenvalue weighted by molar-refractivity contribution is 7.80. The predicted octanol–water partition coefficient (Wildman–Crippen LogP) is 1.25. The van der Waals surface area contributed by atoms with Crippen molar-refractivity contribution in [2.24, 2.45) is 11.1 Å². The molecule has 0 aromatic carbocycles. The van der Waals surface area contributed by atoms with Crippen LogP contribution in [0.4, 0.5) is 4.79 Å². The molecule has 0 aromatic rings. The van der Waals surface area contributed by atoms with Gasteiger partial charge < -0.3 is 16.0 Å². The summed E-state index contributed by atoms with van der Waals surface area (Å²) < 4.78 is 0. The lowest BCUT2D eigenvalue weighted by atomic mass is 9.80. The van der Waals surface area contributed by atoms with Gasteiger partial charge in [0.2, 0.25) is 0 Å². The van der Waals surface area contributed by atoms with Crippen LogP contribution < -0.4 is 11.1 Å². The van der Waals surface area contributed by atoms with Crippen molar-refractivity contribution < 1.29 is 4.79 Å². The second-order valence-corrected chi connectivity index (χ2v) is 5.58. The third-order valence-corrected chi connectivity index (χ3v) is 4.15. The second-order valence-electron chi connectivity index (χ2n) is 5.14. The Morgan fingerprint density at radius 3 is 2.44 bits per heavy atom. The monoisotopic (exact) mass is 241 g/mol. The van der Waals surface area contributed by atoms with E-state index in [1.807, 2.05) is 4.90 Å². The lowest BCUT2D eigenvalue weighted by molar-refractivity contribution is 0.160. The summed E-state index contributed by atoms with van der Waals surface area (Å²) in [5.41, 5.74) is 5.66. The first-order chi connectivity index (χ1) is 7.51. The molecule has 0 aromatic heterocycles. The molecule has 0 bridgehead atoms. The Balaban J connectivity index is 1.84. The van der Waals surface area contributed by atoms with Gasteiger partial charge in [-0.3, -0.25) is 0 Å². The quantitative estimate of drug-likeness (QED) is 0.715. The summed E-state index contributed by atoms with van der Waals surface area (Å²) in [6, 6.07) is 0.504. The van der Waals surface area contributed by atoms with E-state index in [4.69, 9.17) is 18.0 Å². The number of hydrogen-bond acceptors (Lipinski definition) is 2. The molecule has 1 heterocycles. The van der Waals surface area contributed by atoms with Gasteiger partial charge >= 0.3 is 6.03 Å². The lowest BCUT2D eigenvalue weighted by Gasteiger charge is -2.38. The van der Waals surface area contributed by atoms with Crippen LogP contribution in [0, 0.1) is 5.41 Å². The van der Waals surface area contributed by atoms with E-state index in [9.17, 15) is 4.79 Å². The smallest absolute Gasteiger partial charge is 0.317 e. The first-order valence-electron chi connectivity index (χ1n) is 5.87. The van der Waals surface area contributed by atoms with Crippen LogP contribution in [-0.2, 0) is 0 Å². The molecule has 0 spiro atoms. The third kappa shape index (κ3) is 2.45. The van der Waals surface area contributed by atoms with Crippen molar-refractivity contribution in [2.75, 3.05) is 13.1 Å². The van der Waals surface area contributed by atoms with Crippen LogP contribution in [0.1, 0.15) is 32.6 Å². The van der Waals surface area contributed by atoms with Crippen LogP contribution in [0.5, 0.6) is 0 Å². The minimum absolute atomic E-state index is 0.0638. The molecular weight excluding hydrogens is 222 g/mol. The van der Waals surface area contributed by atoms with Crippen LogP contribution in [0.25, 0.3) is 0 Å². The maximum Gasteiger partial charge on any atom is 0.317 e. The third-order valence-electron chi connectivity index (χ3n) is 3.65. The van der Waals surface area contributed by atoms with Gasteiger partial charge in [0, 0.05) is 24.5 Å². The molecule has 1 saturated carbocycles. The van der Waals surface area contributed by atoms with Crippen LogP contribution in [0.2, 0.25) is 0 Å². The molecule has 1 aliphatic heterocycles. The van der Waals surface area contributed by atoms with Crippen molar-refractivity contribution in [1.29, 1.82) is 0 Å². The average molecular weight is 241 g/mol. The molecular formula is C11H19N3OS. The molecule has 2 aliphatic rings. The Bertz CT molecular complexity index is 306. The molecule has 5 heteroatoms. The lowest BCUT2D eigenvalue weighted by Crippen LogP contribution is -2.50. The number of likely N-dealkylation sites (tertiary alicyclic amines) is 1. The van der Waals surface area contributed by atoms with Gasteiger partial charge in [-0.05, 0) is 25.7 Å². The Morgan fingerprint density at radius 2 is 2.00 bits per heavy atom. The van der Waals surface area contributed by atoms with Gasteiger partial charge in [0.25, 0.3) is 0 Å². The Morgan fingerprint density at radius 1 is 1.44 bits per heavy atom. The van der Waals surface area contributed by atoms with E-state index < -0.39 is 0 Å². The minimum atomic E-state index is -0.0638. The highest BCUT2D eigenvalue weighted by atomic mass is 32.1. The molecule has 90 valence electrons. The van der Waals surface area contributed by atoms with Gasteiger partial charge in [-0.2, -0.15) is 0 Å². The van der Waals surface area contributed by atoms with Gasteiger partial charge in [-0.15, -0.1) is 0 Å². The number of carbonyl (C=O) groups excluding carboxylic acids is 1. The summed E-state index contributed by atoms with van der Waals surface area (Å²) in [6.45, 7) is 3.60. The van der Waals surface area contributed by atoms with E-state index in [2.05, 4.69) is 12.2 Å². The maximum atomic E-state index is 11.8. The number of nitrogens with zero attached hydrogens (tertiary/aromatic N) is 1.